The fourth-order valence-electron chi connectivity index (χ4n) is 5.74. The Bertz CT molecular complexity index is 1390. The molecule has 0 aliphatic carbocycles. The maximum Gasteiger partial charge on any atom is 0.416 e. The third-order valence-electron chi connectivity index (χ3n) is 8.03. The lowest BCUT2D eigenvalue weighted by atomic mass is 9.80. The minimum Gasteiger partial charge on any atom is -0.347 e. The van der Waals surface area contributed by atoms with Crippen molar-refractivity contribution in [1.82, 2.24) is 15.5 Å². The first kappa shape index (κ1) is 34.1. The Balaban J connectivity index is 1.45. The van der Waals surface area contributed by atoms with Crippen LogP contribution in [-0.4, -0.2) is 37.0 Å². The van der Waals surface area contributed by atoms with Gasteiger partial charge < -0.3 is 15.5 Å². The zero-order valence-electron chi connectivity index (χ0n) is 24.0. The van der Waals surface area contributed by atoms with Gasteiger partial charge in [-0.2, -0.15) is 26.3 Å². The minimum atomic E-state index is -4.91. The number of piperidine rings is 1. The molecule has 1 fully saturated rings. The predicted molar refractivity (Wildman–Crippen MR) is 160 cm³/mol. The number of carbonyl (C=O) groups excluding carboxylic acids is 1. The molecule has 0 spiro atoms. The van der Waals surface area contributed by atoms with E-state index in [9.17, 15) is 31.1 Å². The van der Waals surface area contributed by atoms with Gasteiger partial charge in [-0.15, -0.1) is 0 Å². The Labute approximate surface area is 262 Å². The van der Waals surface area contributed by atoms with E-state index in [4.69, 9.17) is 23.2 Å². The molecule has 1 atom stereocenters. The lowest BCUT2D eigenvalue weighted by Crippen LogP contribution is -2.52. The number of likely N-dealkylation sites (tertiary alicyclic amines) is 1. The fourth-order valence-corrected chi connectivity index (χ4v) is 6.05. The molecule has 1 heterocycles. The Morgan fingerprint density at radius 2 is 1.50 bits per heavy atom. The molecule has 1 aliphatic heterocycles. The molecular formula is C32H33Cl2F6N3O. The first-order chi connectivity index (χ1) is 20.7. The van der Waals surface area contributed by atoms with Gasteiger partial charge in [-0.1, -0.05) is 59.6 Å². The van der Waals surface area contributed by atoms with Gasteiger partial charge in [0.2, 0.25) is 5.91 Å². The molecule has 1 aliphatic rings. The smallest absolute Gasteiger partial charge is 0.347 e. The highest BCUT2D eigenvalue weighted by molar-refractivity contribution is 6.42. The number of alkyl halides is 6. The van der Waals surface area contributed by atoms with Crippen LogP contribution in [0.25, 0.3) is 0 Å². The van der Waals surface area contributed by atoms with Gasteiger partial charge in [0.25, 0.3) is 0 Å². The van der Waals surface area contributed by atoms with Crippen molar-refractivity contribution in [1.29, 1.82) is 0 Å². The summed E-state index contributed by atoms with van der Waals surface area (Å²) >= 11 is 12.4. The molecule has 1 unspecified atom stereocenters. The van der Waals surface area contributed by atoms with Crippen LogP contribution < -0.4 is 10.6 Å². The highest BCUT2D eigenvalue weighted by Gasteiger charge is 2.38. The van der Waals surface area contributed by atoms with E-state index in [1.165, 1.54) is 6.92 Å². The summed E-state index contributed by atoms with van der Waals surface area (Å²) in [6.45, 7) is 3.73. The molecule has 0 radical (unpaired) electrons. The van der Waals surface area contributed by atoms with E-state index in [1.54, 1.807) is 12.1 Å². The number of nitrogens with zero attached hydrogens (tertiary/aromatic N) is 1. The standard InChI is InChI=1S/C32H33Cl2F6N3O/c1-21(44)42-30(25-5-3-2-4-6-25)10-13-43(14-11-30)12-9-24(23-7-8-28(33)29(34)17-23)20-41-19-22-15-26(31(35,36)37)18-27(16-22)32(38,39)40/h2-8,15-18,24,41H,9-14,19-20H2,1H3,(H,42,44). The minimum absolute atomic E-state index is 0.101. The topological polar surface area (TPSA) is 44.4 Å². The molecular weight excluding hydrogens is 627 g/mol. The molecule has 1 amide bonds. The zero-order valence-corrected chi connectivity index (χ0v) is 25.5. The van der Waals surface area contributed by atoms with Gasteiger partial charge in [-0.3, -0.25) is 4.79 Å². The molecule has 12 heteroatoms. The molecule has 0 bridgehead atoms. The second kappa shape index (κ2) is 14.1. The van der Waals surface area contributed by atoms with Crippen molar-refractivity contribution in [3.63, 3.8) is 0 Å². The predicted octanol–water partition coefficient (Wildman–Crippen LogP) is 8.42. The van der Waals surface area contributed by atoms with Crippen LogP contribution in [0.2, 0.25) is 10.0 Å². The first-order valence-corrected chi connectivity index (χ1v) is 14.9. The van der Waals surface area contributed by atoms with Crippen LogP contribution in [0, 0.1) is 0 Å². The van der Waals surface area contributed by atoms with Gasteiger partial charge in [0.15, 0.2) is 0 Å². The summed E-state index contributed by atoms with van der Waals surface area (Å²) in [6, 6.07) is 16.7. The van der Waals surface area contributed by atoms with E-state index in [0.717, 1.165) is 36.3 Å². The monoisotopic (exact) mass is 659 g/mol. The van der Waals surface area contributed by atoms with E-state index in [1.807, 2.05) is 36.4 Å². The van der Waals surface area contributed by atoms with Crippen LogP contribution in [0.3, 0.4) is 0 Å². The van der Waals surface area contributed by atoms with Gasteiger partial charge in [0.05, 0.1) is 26.7 Å². The van der Waals surface area contributed by atoms with Crippen molar-refractivity contribution in [2.24, 2.45) is 0 Å². The molecule has 3 aromatic rings. The second-order valence-electron chi connectivity index (χ2n) is 11.2. The molecule has 4 nitrogen and oxygen atoms in total. The van der Waals surface area contributed by atoms with Crippen LogP contribution in [0.5, 0.6) is 0 Å². The molecule has 0 saturated carbocycles. The van der Waals surface area contributed by atoms with Gasteiger partial charge >= 0.3 is 12.4 Å². The fraction of sp³-hybridized carbons (Fsp3) is 0.406. The highest BCUT2D eigenvalue weighted by atomic mass is 35.5. The maximum atomic E-state index is 13.3. The third-order valence-corrected chi connectivity index (χ3v) is 8.77. The van der Waals surface area contributed by atoms with Gasteiger partial charge in [0, 0.05) is 33.1 Å². The summed E-state index contributed by atoms with van der Waals surface area (Å²) in [7, 11) is 0. The Morgan fingerprint density at radius 3 is 2.05 bits per heavy atom. The van der Waals surface area contributed by atoms with E-state index >= 15 is 0 Å². The quantitative estimate of drug-likeness (QED) is 0.215. The number of hydrogen-bond acceptors (Lipinski definition) is 3. The highest BCUT2D eigenvalue weighted by Crippen LogP contribution is 2.37. The van der Waals surface area contributed by atoms with Crippen LogP contribution in [0.15, 0.2) is 66.7 Å². The number of hydrogen-bond donors (Lipinski definition) is 2. The number of nitrogens with one attached hydrogen (secondary N) is 2. The average molecular weight is 661 g/mol. The molecule has 2 N–H and O–H groups in total. The van der Waals surface area contributed by atoms with Crippen LogP contribution in [0.1, 0.15) is 59.9 Å². The van der Waals surface area contributed by atoms with Gasteiger partial charge in [-0.25, -0.2) is 0 Å². The van der Waals surface area contributed by atoms with E-state index in [2.05, 4.69) is 15.5 Å². The van der Waals surface area contributed by atoms with E-state index in [-0.39, 0.29) is 36.5 Å². The van der Waals surface area contributed by atoms with E-state index in [0.29, 0.717) is 35.9 Å². The third kappa shape index (κ3) is 8.90. The van der Waals surface area contributed by atoms with Crippen LogP contribution >= 0.6 is 23.2 Å². The van der Waals surface area contributed by atoms with Crippen molar-refractivity contribution in [2.45, 2.75) is 56.5 Å². The van der Waals surface area contributed by atoms with Crippen molar-refractivity contribution in [3.8, 4) is 0 Å². The summed E-state index contributed by atoms with van der Waals surface area (Å²) in [5.74, 6) is -0.259. The summed E-state index contributed by atoms with van der Waals surface area (Å²) in [5.41, 5.74) is -1.38. The SMILES string of the molecule is CC(=O)NC1(c2ccccc2)CCN(CCC(CNCc2cc(C(F)(F)F)cc(C(F)(F)F)c2)c2ccc(Cl)c(Cl)c2)CC1. The summed E-state index contributed by atoms with van der Waals surface area (Å²) in [4.78, 5) is 14.4. The van der Waals surface area contributed by atoms with E-state index < -0.39 is 29.0 Å². The maximum absolute atomic E-state index is 13.3. The number of benzene rings is 3. The first-order valence-electron chi connectivity index (χ1n) is 14.2. The Morgan fingerprint density at radius 1 is 0.886 bits per heavy atom. The van der Waals surface area contributed by atoms with Crippen molar-refractivity contribution in [3.05, 3.63) is 105 Å². The molecule has 0 aromatic heterocycles. The number of amides is 1. The van der Waals surface area contributed by atoms with Gasteiger partial charge in [0.1, 0.15) is 0 Å². The molecule has 3 aromatic carbocycles. The Hall–Kier alpha value is -2.79. The number of rotatable bonds is 10. The largest absolute Gasteiger partial charge is 0.416 e. The Kier molecular flexibility index (Phi) is 10.9. The number of carbonyl (C=O) groups is 1. The van der Waals surface area contributed by atoms with Crippen molar-refractivity contribution < 1.29 is 31.1 Å². The normalized spacial score (nSPS) is 16.5. The van der Waals surface area contributed by atoms with Crippen molar-refractivity contribution >= 4 is 29.1 Å². The average Bonchev–Trinajstić information content (AvgIpc) is 2.96. The molecule has 4 rings (SSSR count). The summed E-state index contributed by atoms with van der Waals surface area (Å²) in [6.07, 6.45) is -7.76. The summed E-state index contributed by atoms with van der Waals surface area (Å²) in [5, 5.41) is 6.94. The van der Waals surface area contributed by atoms with Crippen LogP contribution in [0.4, 0.5) is 26.3 Å². The summed E-state index contributed by atoms with van der Waals surface area (Å²) < 4.78 is 80.0. The molecule has 1 saturated heterocycles. The van der Waals surface area contributed by atoms with Crippen LogP contribution in [-0.2, 0) is 29.2 Å². The van der Waals surface area contributed by atoms with Crippen molar-refractivity contribution in [2.75, 3.05) is 26.2 Å². The molecule has 44 heavy (non-hydrogen) atoms. The lowest BCUT2D eigenvalue weighted by molar-refractivity contribution is -0.143. The lowest BCUT2D eigenvalue weighted by Gasteiger charge is -2.43. The van der Waals surface area contributed by atoms with Gasteiger partial charge in [-0.05, 0) is 78.7 Å². The molecule has 238 valence electrons. The second-order valence-corrected chi connectivity index (χ2v) is 12.0. The number of halogens is 8. The zero-order chi connectivity index (χ0) is 32.1.